The highest BCUT2D eigenvalue weighted by Crippen LogP contribution is 2.39. The molecule has 0 radical (unpaired) electrons. The second-order valence-corrected chi connectivity index (χ2v) is 5.69. The molecule has 1 heterocycles. The standard InChI is InChI=1S/C20H18N2/c1-14-15-8-2-4-10-17(15)21-19-12-6-7-13-20(19)22-18-11-5-3-9-16(14)18/h2-14,21-22H,1H3. The average molecular weight is 286 g/mol. The van der Waals surface area contributed by atoms with Gasteiger partial charge in [-0.05, 0) is 35.4 Å². The summed E-state index contributed by atoms with van der Waals surface area (Å²) in [6.45, 7) is 2.26. The quantitative estimate of drug-likeness (QED) is 0.559. The molecule has 0 unspecified atom stereocenters. The van der Waals surface area contributed by atoms with Gasteiger partial charge < -0.3 is 10.6 Å². The molecule has 0 saturated carbocycles. The van der Waals surface area contributed by atoms with E-state index in [2.05, 4.69) is 90.4 Å². The first kappa shape index (κ1) is 13.0. The predicted molar refractivity (Wildman–Crippen MR) is 93.4 cm³/mol. The van der Waals surface area contributed by atoms with Gasteiger partial charge in [0.05, 0.1) is 11.4 Å². The highest BCUT2D eigenvalue weighted by molar-refractivity contribution is 5.81. The summed E-state index contributed by atoms with van der Waals surface area (Å²) in [4.78, 5) is 0. The Kier molecular flexibility index (Phi) is 3.08. The molecule has 4 rings (SSSR count). The molecular formula is C20H18N2. The fourth-order valence-electron chi connectivity index (χ4n) is 3.14. The minimum Gasteiger partial charge on any atom is -0.354 e. The lowest BCUT2D eigenvalue weighted by Crippen LogP contribution is -2.01. The maximum absolute atomic E-state index is 3.59. The van der Waals surface area contributed by atoms with Gasteiger partial charge in [-0.2, -0.15) is 0 Å². The summed E-state index contributed by atoms with van der Waals surface area (Å²) in [6.07, 6.45) is 0. The van der Waals surface area contributed by atoms with E-state index in [-0.39, 0.29) is 0 Å². The zero-order chi connectivity index (χ0) is 14.9. The number of fused-ring (bicyclic) bond motifs is 3. The molecule has 0 saturated heterocycles. The lowest BCUT2D eigenvalue weighted by molar-refractivity contribution is 0.928. The van der Waals surface area contributed by atoms with Crippen LogP contribution < -0.4 is 10.6 Å². The van der Waals surface area contributed by atoms with Gasteiger partial charge in [0.2, 0.25) is 0 Å². The Bertz CT molecular complexity index is 755. The zero-order valence-corrected chi connectivity index (χ0v) is 12.5. The van der Waals surface area contributed by atoms with Crippen molar-refractivity contribution in [3.63, 3.8) is 0 Å². The summed E-state index contributed by atoms with van der Waals surface area (Å²) in [5.41, 5.74) is 7.15. The van der Waals surface area contributed by atoms with Gasteiger partial charge in [0, 0.05) is 17.3 Å². The number of rotatable bonds is 0. The van der Waals surface area contributed by atoms with Crippen LogP contribution in [-0.2, 0) is 0 Å². The van der Waals surface area contributed by atoms with Crippen LogP contribution in [0.25, 0.3) is 0 Å². The third-order valence-corrected chi connectivity index (χ3v) is 4.32. The summed E-state index contributed by atoms with van der Waals surface area (Å²) in [5, 5.41) is 7.17. The zero-order valence-electron chi connectivity index (χ0n) is 12.5. The van der Waals surface area contributed by atoms with Crippen molar-refractivity contribution in [3.8, 4) is 0 Å². The number of nitrogens with one attached hydrogen (secondary N) is 2. The molecule has 3 aromatic rings. The summed E-state index contributed by atoms with van der Waals surface area (Å²) in [5.74, 6) is 0.321. The molecular weight excluding hydrogens is 268 g/mol. The van der Waals surface area contributed by atoms with E-state index in [0.29, 0.717) is 5.92 Å². The Labute approximate surface area is 130 Å². The molecule has 0 fully saturated rings. The maximum atomic E-state index is 3.59. The molecule has 2 heteroatoms. The predicted octanol–water partition coefficient (Wildman–Crippen LogP) is 5.64. The molecule has 0 atom stereocenters. The van der Waals surface area contributed by atoms with E-state index in [1.807, 2.05) is 0 Å². The van der Waals surface area contributed by atoms with Gasteiger partial charge in [-0.25, -0.2) is 0 Å². The van der Waals surface area contributed by atoms with Crippen LogP contribution in [0.1, 0.15) is 24.0 Å². The normalized spacial score (nSPS) is 13.3. The van der Waals surface area contributed by atoms with E-state index < -0.39 is 0 Å². The number of benzene rings is 3. The molecule has 1 aliphatic rings. The van der Waals surface area contributed by atoms with Crippen LogP contribution in [0.3, 0.4) is 0 Å². The Morgan fingerprint density at radius 2 is 0.909 bits per heavy atom. The van der Waals surface area contributed by atoms with Crippen LogP contribution in [0.2, 0.25) is 0 Å². The molecule has 1 aliphatic heterocycles. The highest BCUT2D eigenvalue weighted by atomic mass is 15.0. The first-order valence-electron chi connectivity index (χ1n) is 7.64. The van der Waals surface area contributed by atoms with Crippen molar-refractivity contribution in [2.24, 2.45) is 0 Å². The molecule has 22 heavy (non-hydrogen) atoms. The fourth-order valence-corrected chi connectivity index (χ4v) is 3.14. The highest BCUT2D eigenvalue weighted by Gasteiger charge is 2.18. The van der Waals surface area contributed by atoms with Gasteiger partial charge in [-0.15, -0.1) is 0 Å². The third-order valence-electron chi connectivity index (χ3n) is 4.32. The van der Waals surface area contributed by atoms with Gasteiger partial charge in [0.1, 0.15) is 0 Å². The second kappa shape index (κ2) is 5.23. The molecule has 0 aromatic heterocycles. The SMILES string of the molecule is CC1c2ccccc2Nc2ccccc2Nc2ccccc21. The summed E-state index contributed by atoms with van der Waals surface area (Å²) in [7, 11) is 0. The van der Waals surface area contributed by atoms with Crippen molar-refractivity contribution in [1.29, 1.82) is 0 Å². The van der Waals surface area contributed by atoms with Crippen LogP contribution >= 0.6 is 0 Å². The van der Waals surface area contributed by atoms with E-state index in [1.165, 1.54) is 22.5 Å². The smallest absolute Gasteiger partial charge is 0.0623 e. The Balaban J connectivity index is 1.99. The fraction of sp³-hybridized carbons (Fsp3) is 0.100. The van der Waals surface area contributed by atoms with Crippen molar-refractivity contribution < 1.29 is 0 Å². The minimum atomic E-state index is 0.321. The Morgan fingerprint density at radius 1 is 0.545 bits per heavy atom. The van der Waals surface area contributed by atoms with Crippen molar-refractivity contribution in [1.82, 2.24) is 0 Å². The van der Waals surface area contributed by atoms with Gasteiger partial charge in [-0.1, -0.05) is 55.5 Å². The third kappa shape index (κ3) is 2.13. The maximum Gasteiger partial charge on any atom is 0.0623 e. The monoisotopic (exact) mass is 286 g/mol. The molecule has 0 aliphatic carbocycles. The van der Waals surface area contributed by atoms with Gasteiger partial charge in [-0.3, -0.25) is 0 Å². The topological polar surface area (TPSA) is 24.1 Å². The molecule has 0 spiro atoms. The molecule has 3 aromatic carbocycles. The van der Waals surface area contributed by atoms with E-state index in [4.69, 9.17) is 0 Å². The largest absolute Gasteiger partial charge is 0.354 e. The summed E-state index contributed by atoms with van der Waals surface area (Å²) in [6, 6.07) is 25.4. The Hall–Kier alpha value is -2.74. The second-order valence-electron chi connectivity index (χ2n) is 5.69. The number of hydrogen-bond donors (Lipinski definition) is 2. The molecule has 0 amide bonds. The van der Waals surface area contributed by atoms with Crippen LogP contribution in [0.4, 0.5) is 22.7 Å². The van der Waals surface area contributed by atoms with Crippen molar-refractivity contribution in [3.05, 3.63) is 83.9 Å². The molecule has 108 valence electrons. The van der Waals surface area contributed by atoms with Crippen molar-refractivity contribution in [2.45, 2.75) is 12.8 Å². The van der Waals surface area contributed by atoms with Crippen molar-refractivity contribution in [2.75, 3.05) is 10.6 Å². The summed E-state index contributed by atoms with van der Waals surface area (Å²) >= 11 is 0. The van der Waals surface area contributed by atoms with E-state index in [0.717, 1.165) is 11.4 Å². The van der Waals surface area contributed by atoms with Gasteiger partial charge >= 0.3 is 0 Å². The number of anilines is 4. The van der Waals surface area contributed by atoms with Crippen LogP contribution in [0, 0.1) is 0 Å². The van der Waals surface area contributed by atoms with E-state index >= 15 is 0 Å². The number of para-hydroxylation sites is 4. The van der Waals surface area contributed by atoms with Crippen molar-refractivity contribution >= 4 is 22.7 Å². The summed E-state index contributed by atoms with van der Waals surface area (Å²) < 4.78 is 0. The van der Waals surface area contributed by atoms with Crippen LogP contribution in [-0.4, -0.2) is 0 Å². The minimum absolute atomic E-state index is 0.321. The Morgan fingerprint density at radius 3 is 1.36 bits per heavy atom. The van der Waals surface area contributed by atoms with Gasteiger partial charge in [0.25, 0.3) is 0 Å². The van der Waals surface area contributed by atoms with E-state index in [1.54, 1.807) is 0 Å². The first-order chi connectivity index (χ1) is 10.8. The van der Waals surface area contributed by atoms with E-state index in [9.17, 15) is 0 Å². The first-order valence-corrected chi connectivity index (χ1v) is 7.64. The van der Waals surface area contributed by atoms with Crippen LogP contribution in [0.15, 0.2) is 72.8 Å². The number of hydrogen-bond acceptors (Lipinski definition) is 2. The molecule has 2 N–H and O–H groups in total. The lowest BCUT2D eigenvalue weighted by atomic mass is 9.90. The lowest BCUT2D eigenvalue weighted by Gasteiger charge is -2.18. The average Bonchev–Trinajstić information content (AvgIpc) is 2.61. The molecule has 2 nitrogen and oxygen atoms in total. The van der Waals surface area contributed by atoms with Crippen LogP contribution in [0.5, 0.6) is 0 Å². The van der Waals surface area contributed by atoms with Gasteiger partial charge in [0.15, 0.2) is 0 Å². The molecule has 0 bridgehead atoms.